The average Bonchev–Trinajstić information content (AvgIpc) is 3.72. The van der Waals surface area contributed by atoms with Gasteiger partial charge in [-0.1, -0.05) is 67.1 Å². The highest BCUT2D eigenvalue weighted by Crippen LogP contribution is 2.44. The van der Waals surface area contributed by atoms with Gasteiger partial charge in [-0.2, -0.15) is 0 Å². The molecule has 0 fully saturated rings. The lowest BCUT2D eigenvalue weighted by atomic mass is 9.95. The molecule has 206 valence electrons. The molecule has 2 aromatic carbocycles. The van der Waals surface area contributed by atoms with Gasteiger partial charge in [0.2, 0.25) is 10.9 Å². The highest BCUT2D eigenvalue weighted by molar-refractivity contribution is 8.00. The van der Waals surface area contributed by atoms with Gasteiger partial charge in [0.05, 0.1) is 24.5 Å². The molecule has 1 unspecified atom stereocenters. The first-order valence-corrected chi connectivity index (χ1v) is 14.5. The predicted octanol–water partition coefficient (Wildman–Crippen LogP) is 6.91. The molecule has 0 aliphatic carbocycles. The molecule has 1 amide bonds. The van der Waals surface area contributed by atoms with Gasteiger partial charge in [-0.15, -0.1) is 10.2 Å². The average molecular weight is 580 g/mol. The molecular weight excluding hydrogens is 553 g/mol. The fourth-order valence-corrected chi connectivity index (χ4v) is 6.09. The van der Waals surface area contributed by atoms with E-state index in [1.54, 1.807) is 42.5 Å². The molecule has 40 heavy (non-hydrogen) atoms. The second kappa shape index (κ2) is 12.5. The normalized spacial score (nSPS) is 15.2. The summed E-state index contributed by atoms with van der Waals surface area (Å²) < 4.78 is 24.9. The van der Waals surface area contributed by atoms with Gasteiger partial charge in [-0.3, -0.25) is 14.5 Å². The summed E-state index contributed by atoms with van der Waals surface area (Å²) in [6, 6.07) is 15.3. The maximum Gasteiger partial charge on any atom is 0.296 e. The summed E-state index contributed by atoms with van der Waals surface area (Å²) in [5, 5.41) is 19.6. The molecule has 3 heterocycles. The van der Waals surface area contributed by atoms with Crippen molar-refractivity contribution in [2.24, 2.45) is 0 Å². The minimum absolute atomic E-state index is 0.00452. The Hall–Kier alpha value is -3.96. The number of halogens is 1. The molecule has 0 radical (unpaired) electrons. The van der Waals surface area contributed by atoms with Crippen molar-refractivity contribution in [1.29, 1.82) is 0 Å². The highest BCUT2D eigenvalue weighted by Gasteiger charge is 2.46. The number of aliphatic hydroxyl groups is 1. The zero-order valence-electron chi connectivity index (χ0n) is 21.6. The molecule has 11 heteroatoms. The standard InChI is InChI=1S/C29H26FN3O5S2/c1-2-3-4-15-37-21-13-9-19(10-14-21)24-23(25(34)22-6-5-16-38-22)26(35)27(36)33(24)28-31-32-29(40-28)39-17-18-7-11-20(30)12-8-18/h5-14,16,24,35H,2-4,15,17H2,1H3. The SMILES string of the molecule is CCCCCOc1ccc(C2C(C(=O)c3ccco3)=C(O)C(=O)N2c2nnc(SCc3ccc(F)cc3)s2)cc1. The van der Waals surface area contributed by atoms with Gasteiger partial charge in [-0.25, -0.2) is 4.39 Å². The number of hydrogen-bond acceptors (Lipinski definition) is 9. The molecule has 4 aromatic rings. The van der Waals surface area contributed by atoms with E-state index in [1.165, 1.54) is 41.1 Å². The van der Waals surface area contributed by atoms with Crippen LogP contribution in [0.4, 0.5) is 9.52 Å². The summed E-state index contributed by atoms with van der Waals surface area (Å²) >= 11 is 2.55. The number of aromatic nitrogens is 2. The van der Waals surface area contributed by atoms with Crippen LogP contribution in [-0.4, -0.2) is 33.6 Å². The maximum absolute atomic E-state index is 13.4. The Kier molecular flexibility index (Phi) is 8.61. The van der Waals surface area contributed by atoms with E-state index in [2.05, 4.69) is 17.1 Å². The van der Waals surface area contributed by atoms with Crippen molar-refractivity contribution in [3.05, 3.63) is 101 Å². The van der Waals surface area contributed by atoms with Crippen molar-refractivity contribution >= 4 is 39.9 Å². The Morgan fingerprint density at radius 1 is 1.12 bits per heavy atom. The minimum Gasteiger partial charge on any atom is -0.503 e. The Morgan fingerprint density at radius 2 is 1.90 bits per heavy atom. The maximum atomic E-state index is 13.4. The van der Waals surface area contributed by atoms with E-state index in [9.17, 15) is 19.1 Å². The number of furan rings is 1. The molecule has 1 atom stereocenters. The fraction of sp³-hybridized carbons (Fsp3) is 0.241. The number of amides is 1. The number of aliphatic hydroxyl groups excluding tert-OH is 1. The number of thioether (sulfide) groups is 1. The summed E-state index contributed by atoms with van der Waals surface area (Å²) in [6.45, 7) is 2.71. The summed E-state index contributed by atoms with van der Waals surface area (Å²) in [6.07, 6.45) is 4.47. The quantitative estimate of drug-likeness (QED) is 0.0835. The number of hydrogen-bond donors (Lipinski definition) is 1. The van der Waals surface area contributed by atoms with Crippen LogP contribution in [0.15, 0.2) is 87.0 Å². The van der Waals surface area contributed by atoms with E-state index in [1.807, 2.05) is 0 Å². The molecular formula is C29H26FN3O5S2. The second-order valence-corrected chi connectivity index (χ2v) is 11.2. The summed E-state index contributed by atoms with van der Waals surface area (Å²) in [7, 11) is 0. The zero-order chi connectivity index (χ0) is 28.1. The van der Waals surface area contributed by atoms with Crippen LogP contribution in [0.2, 0.25) is 0 Å². The monoisotopic (exact) mass is 579 g/mol. The second-order valence-electron chi connectivity index (χ2n) is 9.04. The zero-order valence-corrected chi connectivity index (χ0v) is 23.2. The topological polar surface area (TPSA) is 106 Å². The lowest BCUT2D eigenvalue weighted by Crippen LogP contribution is -2.31. The highest BCUT2D eigenvalue weighted by atomic mass is 32.2. The lowest BCUT2D eigenvalue weighted by Gasteiger charge is -2.24. The van der Waals surface area contributed by atoms with E-state index < -0.39 is 23.5 Å². The third-order valence-corrected chi connectivity index (χ3v) is 8.41. The van der Waals surface area contributed by atoms with Crippen LogP contribution in [-0.2, 0) is 10.5 Å². The van der Waals surface area contributed by atoms with E-state index in [-0.39, 0.29) is 22.3 Å². The molecule has 0 saturated heterocycles. The number of benzene rings is 2. The molecule has 0 bridgehead atoms. The number of carbonyl (C=O) groups excluding carboxylic acids is 2. The molecule has 2 aromatic heterocycles. The van der Waals surface area contributed by atoms with Gasteiger partial charge in [-0.05, 0) is 53.9 Å². The molecule has 5 rings (SSSR count). The number of rotatable bonds is 12. The smallest absolute Gasteiger partial charge is 0.296 e. The van der Waals surface area contributed by atoms with Crippen LogP contribution < -0.4 is 9.64 Å². The Bertz CT molecular complexity index is 1500. The largest absolute Gasteiger partial charge is 0.503 e. The first kappa shape index (κ1) is 27.6. The summed E-state index contributed by atoms with van der Waals surface area (Å²) in [4.78, 5) is 28.1. The van der Waals surface area contributed by atoms with Gasteiger partial charge in [0.25, 0.3) is 5.91 Å². The number of nitrogens with zero attached hydrogens (tertiary/aromatic N) is 3. The Balaban J connectivity index is 1.43. The fourth-order valence-electron chi connectivity index (χ4n) is 4.26. The van der Waals surface area contributed by atoms with Crippen LogP contribution in [0.25, 0.3) is 0 Å². The number of carbonyl (C=O) groups is 2. The van der Waals surface area contributed by atoms with Crippen molar-refractivity contribution in [2.75, 3.05) is 11.5 Å². The third kappa shape index (κ3) is 5.95. The molecule has 8 nitrogen and oxygen atoms in total. The number of Topliss-reactive ketones (excluding diaryl/α,β-unsaturated/α-hetero) is 1. The van der Waals surface area contributed by atoms with Crippen LogP contribution in [0, 0.1) is 5.82 Å². The van der Waals surface area contributed by atoms with Gasteiger partial charge in [0.15, 0.2) is 15.9 Å². The van der Waals surface area contributed by atoms with Crippen molar-refractivity contribution in [1.82, 2.24) is 10.2 Å². The number of ketones is 1. The van der Waals surface area contributed by atoms with Crippen LogP contribution in [0.1, 0.15) is 53.9 Å². The Labute approximate surface area is 238 Å². The molecule has 0 saturated carbocycles. The third-order valence-electron chi connectivity index (χ3n) is 6.29. The molecule has 1 aliphatic heterocycles. The van der Waals surface area contributed by atoms with E-state index in [0.717, 1.165) is 36.2 Å². The van der Waals surface area contributed by atoms with Crippen LogP contribution in [0.5, 0.6) is 5.75 Å². The first-order chi connectivity index (χ1) is 19.5. The van der Waals surface area contributed by atoms with Gasteiger partial charge < -0.3 is 14.3 Å². The van der Waals surface area contributed by atoms with E-state index in [4.69, 9.17) is 9.15 Å². The molecule has 1 aliphatic rings. The lowest BCUT2D eigenvalue weighted by molar-refractivity contribution is -0.117. The van der Waals surface area contributed by atoms with Crippen molar-refractivity contribution in [2.45, 2.75) is 42.3 Å². The summed E-state index contributed by atoms with van der Waals surface area (Å²) in [5.74, 6) is -1.14. The minimum atomic E-state index is -0.956. The molecule has 1 N–H and O–H groups in total. The first-order valence-electron chi connectivity index (χ1n) is 12.7. The van der Waals surface area contributed by atoms with E-state index >= 15 is 0 Å². The van der Waals surface area contributed by atoms with Gasteiger partial charge >= 0.3 is 0 Å². The van der Waals surface area contributed by atoms with Crippen LogP contribution in [0.3, 0.4) is 0 Å². The van der Waals surface area contributed by atoms with Crippen molar-refractivity contribution in [3.63, 3.8) is 0 Å². The Morgan fingerprint density at radius 3 is 2.60 bits per heavy atom. The summed E-state index contributed by atoms with van der Waals surface area (Å²) in [5.41, 5.74) is 1.39. The van der Waals surface area contributed by atoms with Gasteiger partial charge in [0.1, 0.15) is 11.6 Å². The predicted molar refractivity (Wildman–Crippen MR) is 150 cm³/mol. The van der Waals surface area contributed by atoms with E-state index in [0.29, 0.717) is 28.0 Å². The van der Waals surface area contributed by atoms with Gasteiger partial charge in [0, 0.05) is 5.75 Å². The number of unbranched alkanes of at least 4 members (excludes halogenated alkanes) is 2. The molecule has 0 spiro atoms. The van der Waals surface area contributed by atoms with Crippen molar-refractivity contribution in [3.8, 4) is 5.75 Å². The van der Waals surface area contributed by atoms with Crippen LogP contribution >= 0.6 is 23.1 Å². The van der Waals surface area contributed by atoms with Crippen molar-refractivity contribution < 1.29 is 28.2 Å². The number of ether oxygens (including phenoxy) is 1. The number of anilines is 1.